The number of halogens is 1. The lowest BCUT2D eigenvalue weighted by atomic mass is 10.1. The van der Waals surface area contributed by atoms with Crippen LogP contribution < -0.4 is 20.1 Å². The van der Waals surface area contributed by atoms with Gasteiger partial charge in [0.25, 0.3) is 0 Å². The molecule has 0 saturated carbocycles. The summed E-state index contributed by atoms with van der Waals surface area (Å²) in [5.74, 6) is 2.42. The Labute approximate surface area is 183 Å². The molecule has 1 unspecified atom stereocenters. The molecule has 1 aliphatic rings. The van der Waals surface area contributed by atoms with E-state index in [1.165, 1.54) is 5.56 Å². The molecule has 0 bridgehead atoms. The summed E-state index contributed by atoms with van der Waals surface area (Å²) in [6.07, 6.45) is 0.809. The van der Waals surface area contributed by atoms with Crippen LogP contribution in [0.2, 0.25) is 0 Å². The third-order valence-corrected chi connectivity index (χ3v) is 4.36. The number of fused-ring (bicyclic) bond motifs is 1. The highest BCUT2D eigenvalue weighted by molar-refractivity contribution is 14.0. The Bertz CT molecular complexity index is 756. The van der Waals surface area contributed by atoms with Crippen LogP contribution in [0, 0.1) is 0 Å². The molecule has 0 amide bonds. The number of nitrogens with one attached hydrogen (secondary N) is 2. The van der Waals surface area contributed by atoms with Crippen LogP contribution in [0.5, 0.6) is 11.5 Å². The molecular formula is C21H28IN3O3. The first-order valence-electron chi connectivity index (χ1n) is 9.28. The zero-order valence-corrected chi connectivity index (χ0v) is 18.6. The van der Waals surface area contributed by atoms with Gasteiger partial charge in [0, 0.05) is 20.2 Å². The van der Waals surface area contributed by atoms with Crippen LogP contribution in [0.25, 0.3) is 0 Å². The minimum absolute atomic E-state index is 0. The summed E-state index contributed by atoms with van der Waals surface area (Å²) in [6.45, 7) is 4.49. The minimum Gasteiger partial charge on any atom is -0.454 e. The SMILES string of the molecule is CCNC(=NCC(OC)c1ccccc1)NCCc1ccc2c(c1)OCO2.I. The topological polar surface area (TPSA) is 64.1 Å². The van der Waals surface area contributed by atoms with E-state index in [4.69, 9.17) is 14.2 Å². The van der Waals surface area contributed by atoms with Gasteiger partial charge in [-0.1, -0.05) is 36.4 Å². The van der Waals surface area contributed by atoms with Crippen LogP contribution in [0.3, 0.4) is 0 Å². The molecule has 0 saturated heterocycles. The summed E-state index contributed by atoms with van der Waals surface area (Å²) in [5, 5.41) is 6.66. The minimum atomic E-state index is -0.0597. The van der Waals surface area contributed by atoms with Crippen molar-refractivity contribution in [3.05, 3.63) is 59.7 Å². The molecule has 2 aromatic rings. The fourth-order valence-corrected chi connectivity index (χ4v) is 2.92. The Kier molecular flexibility index (Phi) is 9.36. The van der Waals surface area contributed by atoms with Gasteiger partial charge in [-0.05, 0) is 36.6 Å². The molecule has 7 heteroatoms. The molecule has 0 radical (unpaired) electrons. The Morgan fingerprint density at radius 2 is 1.89 bits per heavy atom. The van der Waals surface area contributed by atoms with Crippen molar-refractivity contribution in [1.82, 2.24) is 10.6 Å². The molecule has 6 nitrogen and oxygen atoms in total. The Hall–Kier alpha value is -2.00. The number of hydrogen-bond donors (Lipinski definition) is 2. The van der Waals surface area contributed by atoms with Crippen molar-refractivity contribution in [2.24, 2.45) is 4.99 Å². The zero-order chi connectivity index (χ0) is 18.9. The summed E-state index contributed by atoms with van der Waals surface area (Å²) < 4.78 is 16.4. The molecule has 152 valence electrons. The molecule has 1 atom stereocenters. The smallest absolute Gasteiger partial charge is 0.231 e. The fraction of sp³-hybridized carbons (Fsp3) is 0.381. The molecule has 0 spiro atoms. The lowest BCUT2D eigenvalue weighted by Crippen LogP contribution is -2.38. The van der Waals surface area contributed by atoms with Crippen molar-refractivity contribution in [3.8, 4) is 11.5 Å². The van der Waals surface area contributed by atoms with Gasteiger partial charge in [-0.15, -0.1) is 24.0 Å². The number of benzene rings is 2. The van der Waals surface area contributed by atoms with Crippen LogP contribution >= 0.6 is 24.0 Å². The first kappa shape index (κ1) is 22.3. The van der Waals surface area contributed by atoms with Gasteiger partial charge < -0.3 is 24.8 Å². The number of aliphatic imine (C=N–C) groups is 1. The number of nitrogens with zero attached hydrogens (tertiary/aromatic N) is 1. The molecule has 28 heavy (non-hydrogen) atoms. The Morgan fingerprint density at radius 3 is 2.64 bits per heavy atom. The van der Waals surface area contributed by atoms with E-state index in [0.717, 1.165) is 42.5 Å². The maximum absolute atomic E-state index is 5.59. The fourth-order valence-electron chi connectivity index (χ4n) is 2.92. The van der Waals surface area contributed by atoms with Crippen molar-refractivity contribution >= 4 is 29.9 Å². The van der Waals surface area contributed by atoms with E-state index in [2.05, 4.69) is 40.7 Å². The predicted octanol–water partition coefficient (Wildman–Crippen LogP) is 3.52. The van der Waals surface area contributed by atoms with Gasteiger partial charge in [0.1, 0.15) is 6.10 Å². The highest BCUT2D eigenvalue weighted by Crippen LogP contribution is 2.32. The number of guanidine groups is 1. The summed E-state index contributed by atoms with van der Waals surface area (Å²) in [4.78, 5) is 4.67. The van der Waals surface area contributed by atoms with Crippen molar-refractivity contribution < 1.29 is 14.2 Å². The third-order valence-electron chi connectivity index (χ3n) is 4.36. The maximum atomic E-state index is 5.59. The lowest BCUT2D eigenvalue weighted by Gasteiger charge is -2.16. The van der Waals surface area contributed by atoms with E-state index in [9.17, 15) is 0 Å². The van der Waals surface area contributed by atoms with E-state index >= 15 is 0 Å². The second-order valence-electron chi connectivity index (χ2n) is 6.22. The molecular weight excluding hydrogens is 469 g/mol. The molecule has 1 aliphatic heterocycles. The van der Waals surface area contributed by atoms with Crippen LogP contribution in [-0.2, 0) is 11.2 Å². The number of hydrogen-bond acceptors (Lipinski definition) is 4. The quantitative estimate of drug-likeness (QED) is 0.332. The van der Waals surface area contributed by atoms with E-state index in [-0.39, 0.29) is 30.1 Å². The van der Waals surface area contributed by atoms with Crippen molar-refractivity contribution in [2.45, 2.75) is 19.4 Å². The van der Waals surface area contributed by atoms with Crippen LogP contribution in [0.15, 0.2) is 53.5 Å². The number of rotatable bonds is 8. The first-order valence-corrected chi connectivity index (χ1v) is 9.28. The standard InChI is InChI=1S/C21H27N3O3.HI/c1-3-22-21(24-14-20(25-2)17-7-5-4-6-8-17)23-12-11-16-9-10-18-19(13-16)27-15-26-18;/h4-10,13,20H,3,11-12,14-15H2,1-2H3,(H2,22,23,24);1H. The van der Waals surface area contributed by atoms with Crippen molar-refractivity contribution in [2.75, 3.05) is 33.5 Å². The van der Waals surface area contributed by atoms with Crippen LogP contribution in [0.1, 0.15) is 24.2 Å². The average Bonchev–Trinajstić information content (AvgIpc) is 3.17. The van der Waals surface area contributed by atoms with Crippen LogP contribution in [0.4, 0.5) is 0 Å². The molecule has 0 aliphatic carbocycles. The first-order chi connectivity index (χ1) is 13.3. The second-order valence-corrected chi connectivity index (χ2v) is 6.22. The second kappa shape index (κ2) is 11.8. The van der Waals surface area contributed by atoms with Crippen molar-refractivity contribution in [3.63, 3.8) is 0 Å². The van der Waals surface area contributed by atoms with Gasteiger partial charge in [-0.25, -0.2) is 0 Å². The molecule has 3 rings (SSSR count). The molecule has 1 heterocycles. The van der Waals surface area contributed by atoms with Crippen molar-refractivity contribution in [1.29, 1.82) is 0 Å². The van der Waals surface area contributed by atoms with Crippen LogP contribution in [-0.4, -0.2) is 39.5 Å². The van der Waals surface area contributed by atoms with Gasteiger partial charge in [0.15, 0.2) is 17.5 Å². The molecule has 0 fully saturated rings. The lowest BCUT2D eigenvalue weighted by molar-refractivity contribution is 0.111. The monoisotopic (exact) mass is 497 g/mol. The summed E-state index contributed by atoms with van der Waals surface area (Å²) in [6, 6.07) is 16.2. The van der Waals surface area contributed by atoms with Gasteiger partial charge in [0.2, 0.25) is 6.79 Å². The zero-order valence-electron chi connectivity index (χ0n) is 16.3. The van der Waals surface area contributed by atoms with Gasteiger partial charge in [-0.2, -0.15) is 0 Å². The number of ether oxygens (including phenoxy) is 3. The molecule has 2 N–H and O–H groups in total. The van der Waals surface area contributed by atoms with Gasteiger partial charge in [0.05, 0.1) is 6.54 Å². The van der Waals surface area contributed by atoms with E-state index in [1.807, 2.05) is 30.3 Å². The third kappa shape index (κ3) is 6.27. The van der Waals surface area contributed by atoms with E-state index in [0.29, 0.717) is 13.3 Å². The Balaban J connectivity index is 0.00000280. The summed E-state index contributed by atoms with van der Waals surface area (Å²) >= 11 is 0. The molecule has 0 aromatic heterocycles. The van der Waals surface area contributed by atoms with Gasteiger partial charge in [-0.3, -0.25) is 4.99 Å². The summed E-state index contributed by atoms with van der Waals surface area (Å²) in [5.41, 5.74) is 2.32. The highest BCUT2D eigenvalue weighted by Gasteiger charge is 2.13. The van der Waals surface area contributed by atoms with E-state index < -0.39 is 0 Å². The van der Waals surface area contributed by atoms with E-state index in [1.54, 1.807) is 7.11 Å². The Morgan fingerprint density at radius 1 is 1.11 bits per heavy atom. The van der Waals surface area contributed by atoms with Gasteiger partial charge >= 0.3 is 0 Å². The normalized spacial score (nSPS) is 13.6. The maximum Gasteiger partial charge on any atom is 0.231 e. The number of methoxy groups -OCH3 is 1. The molecule has 2 aromatic carbocycles. The largest absolute Gasteiger partial charge is 0.454 e. The highest BCUT2D eigenvalue weighted by atomic mass is 127. The average molecular weight is 497 g/mol. The summed E-state index contributed by atoms with van der Waals surface area (Å²) in [7, 11) is 1.72. The predicted molar refractivity (Wildman–Crippen MR) is 122 cm³/mol.